The number of thioether (sulfide) groups is 1. The highest BCUT2D eigenvalue weighted by atomic mass is 32.2. The molecule has 1 N–H and O–H groups in total. The fourth-order valence-corrected chi connectivity index (χ4v) is 4.87. The molecule has 0 saturated heterocycles. The van der Waals surface area contributed by atoms with E-state index >= 15 is 0 Å². The number of anilines is 2. The van der Waals surface area contributed by atoms with Crippen molar-refractivity contribution in [1.82, 2.24) is 10.2 Å². The molecule has 0 bridgehead atoms. The lowest BCUT2D eigenvalue weighted by atomic mass is 10.0. The molecule has 0 fully saturated rings. The average molecular weight is 377 g/mol. The maximum Gasteiger partial charge on any atom is 0.240 e. The summed E-state index contributed by atoms with van der Waals surface area (Å²) in [6.07, 6.45) is 4.33. The van der Waals surface area contributed by atoms with Crippen molar-refractivity contribution < 1.29 is 4.79 Å². The molecule has 1 atom stereocenters. The summed E-state index contributed by atoms with van der Waals surface area (Å²) >= 11 is 3.01. The number of rotatable bonds is 7. The number of hydrogen-bond acceptors (Lipinski definition) is 6. The maximum absolute atomic E-state index is 12.9. The smallest absolute Gasteiger partial charge is 0.240 e. The van der Waals surface area contributed by atoms with Crippen LogP contribution in [-0.2, 0) is 11.2 Å². The number of amides is 1. The molecule has 7 heteroatoms. The van der Waals surface area contributed by atoms with Gasteiger partial charge in [-0.1, -0.05) is 54.6 Å². The van der Waals surface area contributed by atoms with Crippen molar-refractivity contribution in [2.45, 2.75) is 49.1 Å². The van der Waals surface area contributed by atoms with Gasteiger partial charge in [0.2, 0.25) is 11.0 Å². The van der Waals surface area contributed by atoms with Gasteiger partial charge in [-0.3, -0.25) is 4.79 Å². The Morgan fingerprint density at radius 1 is 1.40 bits per heavy atom. The van der Waals surface area contributed by atoms with E-state index in [1.807, 2.05) is 30.0 Å². The van der Waals surface area contributed by atoms with Crippen LogP contribution < -0.4 is 10.2 Å². The second kappa shape index (κ2) is 8.67. The number of nitrogens with one attached hydrogen (secondary N) is 1. The summed E-state index contributed by atoms with van der Waals surface area (Å²) in [5.41, 5.74) is 2.32. The largest absolute Gasteiger partial charge is 0.360 e. The number of aryl methyl sites for hydroxylation is 1. The van der Waals surface area contributed by atoms with E-state index in [4.69, 9.17) is 0 Å². The van der Waals surface area contributed by atoms with Crippen LogP contribution in [-0.4, -0.2) is 34.4 Å². The number of unbranched alkanes of at least 4 members (excludes halogenated alkanes) is 1. The van der Waals surface area contributed by atoms with E-state index in [1.54, 1.807) is 0 Å². The highest BCUT2D eigenvalue weighted by molar-refractivity contribution is 8.02. The number of carbonyl (C=O) groups is 1. The lowest BCUT2D eigenvalue weighted by Crippen LogP contribution is -2.40. The zero-order chi connectivity index (χ0) is 17.6. The normalized spacial score (nSPS) is 14.9. The average Bonchev–Trinajstić information content (AvgIpc) is 3.08. The number of hydrogen-bond donors (Lipinski definition) is 1. The second-order valence-electron chi connectivity index (χ2n) is 6.14. The Kier molecular flexibility index (Phi) is 6.31. The predicted molar refractivity (Wildman–Crippen MR) is 106 cm³/mol. The Bertz CT molecular complexity index is 719. The Balaban J connectivity index is 1.62. The molecule has 25 heavy (non-hydrogen) atoms. The van der Waals surface area contributed by atoms with E-state index in [2.05, 4.69) is 28.5 Å². The van der Waals surface area contributed by atoms with Gasteiger partial charge in [0, 0.05) is 18.8 Å². The van der Waals surface area contributed by atoms with Gasteiger partial charge < -0.3 is 10.2 Å². The summed E-state index contributed by atoms with van der Waals surface area (Å²) in [4.78, 5) is 14.9. The molecule has 1 unspecified atom stereocenters. The van der Waals surface area contributed by atoms with E-state index in [9.17, 15) is 4.79 Å². The number of carbonyl (C=O) groups excluding carboxylic acids is 1. The SMILES string of the molecule is CCCCNc1nnc(SC(C)C(=O)N2CCCc3ccccc32)s1. The van der Waals surface area contributed by atoms with Gasteiger partial charge in [-0.25, -0.2) is 0 Å². The van der Waals surface area contributed by atoms with Crippen molar-refractivity contribution in [2.75, 3.05) is 23.3 Å². The first-order chi connectivity index (χ1) is 12.2. The third-order valence-corrected chi connectivity index (χ3v) is 6.27. The molecule has 5 nitrogen and oxygen atoms in total. The van der Waals surface area contributed by atoms with Crippen LogP contribution in [0.4, 0.5) is 10.8 Å². The zero-order valence-corrected chi connectivity index (χ0v) is 16.3. The summed E-state index contributed by atoms with van der Waals surface area (Å²) in [6.45, 7) is 5.82. The van der Waals surface area contributed by atoms with E-state index in [1.165, 1.54) is 28.7 Å². The van der Waals surface area contributed by atoms with Crippen molar-refractivity contribution in [3.63, 3.8) is 0 Å². The standard InChI is InChI=1S/C18H24N4OS2/c1-3-4-11-19-17-20-21-18(25-17)24-13(2)16(23)22-12-7-9-14-8-5-6-10-15(14)22/h5-6,8,10,13H,3-4,7,9,11-12H2,1-2H3,(H,19,20). The van der Waals surface area contributed by atoms with Crippen LogP contribution in [0.25, 0.3) is 0 Å². The molecule has 1 aliphatic rings. The second-order valence-corrected chi connectivity index (χ2v) is 8.70. The van der Waals surface area contributed by atoms with Gasteiger partial charge in [0.1, 0.15) is 0 Å². The number of fused-ring (bicyclic) bond motifs is 1. The molecule has 1 aromatic carbocycles. The number of nitrogens with zero attached hydrogens (tertiary/aromatic N) is 3. The highest BCUT2D eigenvalue weighted by Gasteiger charge is 2.27. The minimum atomic E-state index is -0.178. The molecule has 1 aliphatic heterocycles. The molecule has 2 heterocycles. The Morgan fingerprint density at radius 2 is 2.24 bits per heavy atom. The molecule has 3 rings (SSSR count). The quantitative estimate of drug-likeness (QED) is 0.579. The first kappa shape index (κ1) is 18.2. The lowest BCUT2D eigenvalue weighted by Gasteiger charge is -2.31. The molecule has 134 valence electrons. The molecule has 2 aromatic rings. The van der Waals surface area contributed by atoms with Crippen molar-refractivity contribution in [2.24, 2.45) is 0 Å². The molecule has 0 radical (unpaired) electrons. The molecule has 0 saturated carbocycles. The molecular weight excluding hydrogens is 352 g/mol. The third kappa shape index (κ3) is 4.52. The van der Waals surface area contributed by atoms with Gasteiger partial charge in [-0.2, -0.15) is 0 Å². The molecule has 1 amide bonds. The number of benzene rings is 1. The van der Waals surface area contributed by atoms with E-state index in [0.717, 1.165) is 53.9 Å². The van der Waals surface area contributed by atoms with Crippen LogP contribution in [0.5, 0.6) is 0 Å². The van der Waals surface area contributed by atoms with Crippen molar-refractivity contribution in [3.8, 4) is 0 Å². The summed E-state index contributed by atoms with van der Waals surface area (Å²) < 4.78 is 0.838. The van der Waals surface area contributed by atoms with Crippen LogP contribution in [0.2, 0.25) is 0 Å². The van der Waals surface area contributed by atoms with Crippen LogP contribution in [0, 0.1) is 0 Å². The Hall–Kier alpha value is -1.60. The van der Waals surface area contributed by atoms with Crippen LogP contribution in [0.15, 0.2) is 28.6 Å². The minimum Gasteiger partial charge on any atom is -0.360 e. The van der Waals surface area contributed by atoms with Gasteiger partial charge >= 0.3 is 0 Å². The lowest BCUT2D eigenvalue weighted by molar-refractivity contribution is -0.117. The minimum absolute atomic E-state index is 0.146. The zero-order valence-electron chi connectivity index (χ0n) is 14.7. The summed E-state index contributed by atoms with van der Waals surface area (Å²) in [7, 11) is 0. The first-order valence-electron chi connectivity index (χ1n) is 8.82. The fraction of sp³-hybridized carbons (Fsp3) is 0.500. The number of aromatic nitrogens is 2. The number of para-hydroxylation sites is 1. The summed E-state index contributed by atoms with van der Waals surface area (Å²) in [5.74, 6) is 0.146. The maximum atomic E-state index is 12.9. The third-order valence-electron chi connectivity index (χ3n) is 4.21. The van der Waals surface area contributed by atoms with Crippen LogP contribution in [0.1, 0.15) is 38.7 Å². The summed E-state index contributed by atoms with van der Waals surface area (Å²) in [5, 5.41) is 12.3. The first-order valence-corrected chi connectivity index (χ1v) is 10.5. The van der Waals surface area contributed by atoms with Gasteiger partial charge in [-0.15, -0.1) is 10.2 Å². The van der Waals surface area contributed by atoms with Crippen molar-refractivity contribution in [3.05, 3.63) is 29.8 Å². The topological polar surface area (TPSA) is 58.1 Å². The Labute approximate surface area is 157 Å². The van der Waals surface area contributed by atoms with Gasteiger partial charge in [0.25, 0.3) is 0 Å². The van der Waals surface area contributed by atoms with Gasteiger partial charge in [0.05, 0.1) is 5.25 Å². The molecular formula is C18H24N4OS2. The van der Waals surface area contributed by atoms with E-state index in [0.29, 0.717) is 0 Å². The van der Waals surface area contributed by atoms with Gasteiger partial charge in [0.15, 0.2) is 4.34 Å². The monoisotopic (exact) mass is 376 g/mol. The molecule has 0 spiro atoms. The van der Waals surface area contributed by atoms with E-state index in [-0.39, 0.29) is 11.2 Å². The summed E-state index contributed by atoms with van der Waals surface area (Å²) in [6, 6.07) is 8.20. The van der Waals surface area contributed by atoms with Crippen molar-refractivity contribution in [1.29, 1.82) is 0 Å². The van der Waals surface area contributed by atoms with Crippen LogP contribution in [0.3, 0.4) is 0 Å². The fourth-order valence-electron chi connectivity index (χ4n) is 2.88. The molecule has 1 aromatic heterocycles. The van der Waals surface area contributed by atoms with Gasteiger partial charge in [-0.05, 0) is 37.8 Å². The Morgan fingerprint density at radius 3 is 3.08 bits per heavy atom. The van der Waals surface area contributed by atoms with Crippen LogP contribution >= 0.6 is 23.1 Å². The predicted octanol–water partition coefficient (Wildman–Crippen LogP) is 4.21. The molecule has 0 aliphatic carbocycles. The van der Waals surface area contributed by atoms with E-state index < -0.39 is 0 Å². The van der Waals surface area contributed by atoms with Crippen molar-refractivity contribution >= 4 is 39.8 Å². The highest BCUT2D eigenvalue weighted by Crippen LogP contribution is 2.33.